The predicted octanol–water partition coefficient (Wildman–Crippen LogP) is 5.87. The second-order valence-corrected chi connectivity index (χ2v) is 10.5. The quantitative estimate of drug-likeness (QED) is 0.299. The molecule has 6 rings (SSSR count). The van der Waals surface area contributed by atoms with Crippen molar-refractivity contribution in [2.75, 3.05) is 20.1 Å². The largest absolute Gasteiger partial charge is 0.339 e. The lowest BCUT2D eigenvalue weighted by Crippen LogP contribution is -2.28. The number of aryl methyl sites for hydroxylation is 1. The summed E-state index contributed by atoms with van der Waals surface area (Å²) in [5, 5.41) is 5.60. The summed E-state index contributed by atoms with van der Waals surface area (Å²) in [5.41, 5.74) is 8.02. The van der Waals surface area contributed by atoms with E-state index in [2.05, 4.69) is 81.1 Å². The molecule has 6 heteroatoms. The van der Waals surface area contributed by atoms with E-state index in [0.29, 0.717) is 13.1 Å². The molecule has 0 saturated heterocycles. The highest BCUT2D eigenvalue weighted by Crippen LogP contribution is 2.29. The minimum Gasteiger partial charge on any atom is -0.339 e. The van der Waals surface area contributed by atoms with Crippen LogP contribution in [0.15, 0.2) is 85.1 Å². The van der Waals surface area contributed by atoms with Crippen molar-refractivity contribution in [1.82, 2.24) is 24.1 Å². The van der Waals surface area contributed by atoms with Crippen LogP contribution >= 0.6 is 0 Å². The third-order valence-electron chi connectivity index (χ3n) is 7.72. The van der Waals surface area contributed by atoms with Crippen LogP contribution in [0.25, 0.3) is 22.2 Å². The summed E-state index contributed by atoms with van der Waals surface area (Å²) in [6.45, 7) is 4.55. The molecule has 1 aliphatic heterocycles. The maximum Gasteiger partial charge on any atom is 0.127 e. The van der Waals surface area contributed by atoms with E-state index < -0.39 is 0 Å². The summed E-state index contributed by atoms with van der Waals surface area (Å²) in [5.74, 6) is -0.144. The van der Waals surface area contributed by atoms with Crippen LogP contribution in [0.3, 0.4) is 0 Å². The first-order valence-electron chi connectivity index (χ1n) is 13.4. The molecule has 5 nitrogen and oxygen atoms in total. The molecular weight excluding hydrogens is 473 g/mol. The molecule has 0 fully saturated rings. The molecule has 0 radical (unpaired) electrons. The van der Waals surface area contributed by atoms with Crippen LogP contribution in [0.1, 0.15) is 22.4 Å². The number of halogens is 1. The van der Waals surface area contributed by atoms with Gasteiger partial charge in [-0.25, -0.2) is 4.39 Å². The van der Waals surface area contributed by atoms with Crippen molar-refractivity contribution in [3.8, 4) is 11.3 Å². The lowest BCUT2D eigenvalue weighted by Gasteiger charge is -2.25. The number of rotatable bonds is 2. The molecule has 4 bridgehead atoms. The van der Waals surface area contributed by atoms with Crippen molar-refractivity contribution in [3.63, 3.8) is 0 Å². The Labute approximate surface area is 223 Å². The normalized spacial score (nSPS) is 15.6. The van der Waals surface area contributed by atoms with Crippen molar-refractivity contribution in [1.29, 1.82) is 0 Å². The molecule has 194 valence electrons. The van der Waals surface area contributed by atoms with Gasteiger partial charge in [-0.15, -0.1) is 0 Å². The van der Waals surface area contributed by atoms with Gasteiger partial charge >= 0.3 is 0 Å². The Bertz CT molecular complexity index is 1570. The van der Waals surface area contributed by atoms with E-state index in [0.717, 1.165) is 49.4 Å². The number of nitrogens with zero attached hydrogens (tertiary/aromatic N) is 5. The average molecular weight is 508 g/mol. The molecule has 3 aromatic carbocycles. The summed E-state index contributed by atoms with van der Waals surface area (Å²) < 4.78 is 19.4. The molecule has 5 aromatic rings. The van der Waals surface area contributed by atoms with Crippen LogP contribution in [-0.2, 0) is 39.6 Å². The van der Waals surface area contributed by atoms with Crippen molar-refractivity contribution >= 4 is 10.9 Å². The minimum absolute atomic E-state index is 0.144. The molecular formula is C32H34FN5. The highest BCUT2D eigenvalue weighted by atomic mass is 19.1. The van der Waals surface area contributed by atoms with Crippen molar-refractivity contribution in [3.05, 3.63) is 113 Å². The zero-order valence-corrected chi connectivity index (χ0v) is 22.1. The van der Waals surface area contributed by atoms with Crippen LogP contribution < -0.4 is 0 Å². The standard InChI is InChI=1S/C32H34FN5/c1-35-15-13-24-6-5-8-26(18-24)32-20-27-7-3-4-9-31(27)38(32)17-16-37(23-29-12-14-34-36(29)2)22-28-19-25(21-35)10-11-30(28)33/h3-12,14,18-20H,13,15-17,21-23H2,1-2H3. The predicted molar refractivity (Wildman–Crippen MR) is 151 cm³/mol. The van der Waals surface area contributed by atoms with Crippen molar-refractivity contribution < 1.29 is 4.39 Å². The molecule has 0 atom stereocenters. The number of hydrogen-bond acceptors (Lipinski definition) is 3. The van der Waals surface area contributed by atoms with Crippen LogP contribution in [0.2, 0.25) is 0 Å². The molecule has 3 heterocycles. The van der Waals surface area contributed by atoms with E-state index in [-0.39, 0.29) is 5.82 Å². The van der Waals surface area contributed by atoms with Gasteiger partial charge in [0.15, 0.2) is 0 Å². The fraction of sp³-hybridized carbons (Fsp3) is 0.281. The first-order chi connectivity index (χ1) is 18.5. The van der Waals surface area contributed by atoms with Crippen LogP contribution in [-0.4, -0.2) is 44.3 Å². The maximum absolute atomic E-state index is 15.1. The van der Waals surface area contributed by atoms with Gasteiger partial charge in [0, 0.05) is 74.7 Å². The Hall–Kier alpha value is -3.74. The number of hydrogen-bond donors (Lipinski definition) is 0. The van der Waals surface area contributed by atoms with Gasteiger partial charge in [0.1, 0.15) is 5.82 Å². The molecule has 0 saturated carbocycles. The summed E-state index contributed by atoms with van der Waals surface area (Å²) in [6.07, 6.45) is 2.80. The SMILES string of the molecule is CN1CCc2cccc(c2)-c2cc3ccccc3n2CCN(Cc2ccnn2C)Cc2cc(ccc2F)C1. The zero-order chi connectivity index (χ0) is 26.1. The van der Waals surface area contributed by atoms with Crippen molar-refractivity contribution in [2.24, 2.45) is 7.05 Å². The lowest BCUT2D eigenvalue weighted by molar-refractivity contribution is 0.238. The maximum atomic E-state index is 15.1. The smallest absolute Gasteiger partial charge is 0.127 e. The third kappa shape index (κ3) is 5.15. The Morgan fingerprint density at radius 1 is 0.816 bits per heavy atom. The summed E-state index contributed by atoms with van der Waals surface area (Å²) in [6, 6.07) is 27.5. The number of para-hydroxylation sites is 1. The second-order valence-electron chi connectivity index (χ2n) is 10.5. The van der Waals surface area contributed by atoms with E-state index in [9.17, 15) is 0 Å². The van der Waals surface area contributed by atoms with Crippen LogP contribution in [0.5, 0.6) is 0 Å². The molecule has 0 amide bonds. The number of benzene rings is 3. The van der Waals surface area contributed by atoms with Gasteiger partial charge in [-0.1, -0.05) is 48.5 Å². The van der Waals surface area contributed by atoms with Gasteiger partial charge in [0.25, 0.3) is 0 Å². The molecule has 2 aromatic heterocycles. The lowest BCUT2D eigenvalue weighted by atomic mass is 10.0. The first kappa shape index (κ1) is 24.6. The Balaban J connectivity index is 1.44. The Kier molecular flexibility index (Phi) is 6.83. The van der Waals surface area contributed by atoms with Gasteiger partial charge in [-0.2, -0.15) is 5.10 Å². The van der Waals surface area contributed by atoms with Crippen LogP contribution in [0, 0.1) is 5.82 Å². The van der Waals surface area contributed by atoms with E-state index in [1.54, 1.807) is 6.07 Å². The number of aromatic nitrogens is 3. The summed E-state index contributed by atoms with van der Waals surface area (Å²) in [4.78, 5) is 4.66. The van der Waals surface area contributed by atoms with E-state index in [1.165, 1.54) is 27.7 Å². The molecule has 0 spiro atoms. The summed E-state index contributed by atoms with van der Waals surface area (Å²) >= 11 is 0. The van der Waals surface area contributed by atoms with Crippen LogP contribution in [0.4, 0.5) is 4.39 Å². The third-order valence-corrected chi connectivity index (χ3v) is 7.72. The van der Waals surface area contributed by atoms with Gasteiger partial charge in [-0.3, -0.25) is 9.58 Å². The second kappa shape index (κ2) is 10.6. The van der Waals surface area contributed by atoms with Crippen molar-refractivity contribution in [2.45, 2.75) is 32.6 Å². The average Bonchev–Trinajstić information content (AvgIpc) is 3.50. The molecule has 1 aliphatic rings. The van der Waals surface area contributed by atoms with Gasteiger partial charge in [0.05, 0.1) is 5.69 Å². The van der Waals surface area contributed by atoms with E-state index in [4.69, 9.17) is 0 Å². The van der Waals surface area contributed by atoms with Gasteiger partial charge in [0.2, 0.25) is 0 Å². The zero-order valence-electron chi connectivity index (χ0n) is 22.1. The Morgan fingerprint density at radius 3 is 2.58 bits per heavy atom. The first-order valence-corrected chi connectivity index (χ1v) is 13.4. The molecule has 38 heavy (non-hydrogen) atoms. The minimum atomic E-state index is -0.144. The highest BCUT2D eigenvalue weighted by Gasteiger charge is 2.17. The summed E-state index contributed by atoms with van der Waals surface area (Å²) in [7, 11) is 4.11. The monoisotopic (exact) mass is 507 g/mol. The fourth-order valence-corrected chi connectivity index (χ4v) is 5.62. The van der Waals surface area contributed by atoms with E-state index in [1.807, 2.05) is 36.1 Å². The highest BCUT2D eigenvalue weighted by molar-refractivity contribution is 5.87. The number of fused-ring (bicyclic) bond motifs is 8. The topological polar surface area (TPSA) is 29.2 Å². The Morgan fingerprint density at radius 2 is 1.71 bits per heavy atom. The van der Waals surface area contributed by atoms with E-state index >= 15 is 4.39 Å². The molecule has 0 N–H and O–H groups in total. The fourth-order valence-electron chi connectivity index (χ4n) is 5.62. The molecule has 0 unspecified atom stereocenters. The van der Waals surface area contributed by atoms with Gasteiger partial charge in [-0.05, 0) is 60.5 Å². The van der Waals surface area contributed by atoms with Gasteiger partial charge < -0.3 is 9.47 Å². The number of likely N-dealkylation sites (N-methyl/N-ethyl adjacent to an activating group) is 1. The molecule has 0 aliphatic carbocycles.